The number of rotatable bonds is 9. The summed E-state index contributed by atoms with van der Waals surface area (Å²) in [4.78, 5) is 2.62. The van der Waals surface area contributed by atoms with Crippen LogP contribution >= 0.6 is 0 Å². The van der Waals surface area contributed by atoms with E-state index in [0.29, 0.717) is 12.0 Å². The van der Waals surface area contributed by atoms with Crippen molar-refractivity contribution in [1.29, 1.82) is 0 Å². The van der Waals surface area contributed by atoms with Crippen molar-refractivity contribution in [2.75, 3.05) is 40.4 Å². The van der Waals surface area contributed by atoms with Gasteiger partial charge in [-0.25, -0.2) is 0 Å². The van der Waals surface area contributed by atoms with Crippen LogP contribution in [0.25, 0.3) is 0 Å². The van der Waals surface area contributed by atoms with Gasteiger partial charge in [-0.3, -0.25) is 0 Å². The standard InChI is InChI=1S/C20H34N2O2/c1-16(15-22-10-6-5-7-11-22)14-21-17(2)12-18-8-9-19(23-3)20(13-18)24-4/h8-9,13,16-17,21H,5-7,10-12,14-15H2,1-4H3. The smallest absolute Gasteiger partial charge is 0.160 e. The largest absolute Gasteiger partial charge is 0.493 e. The average molecular weight is 335 g/mol. The van der Waals surface area contributed by atoms with Crippen LogP contribution in [0, 0.1) is 5.92 Å². The molecule has 136 valence electrons. The van der Waals surface area contributed by atoms with Gasteiger partial charge in [-0.15, -0.1) is 0 Å². The van der Waals surface area contributed by atoms with Crippen molar-refractivity contribution in [3.8, 4) is 11.5 Å². The first-order chi connectivity index (χ1) is 11.6. The third-order valence-corrected chi connectivity index (χ3v) is 4.82. The highest BCUT2D eigenvalue weighted by molar-refractivity contribution is 5.43. The van der Waals surface area contributed by atoms with Crippen molar-refractivity contribution in [2.45, 2.75) is 45.6 Å². The summed E-state index contributed by atoms with van der Waals surface area (Å²) >= 11 is 0. The maximum absolute atomic E-state index is 5.39. The van der Waals surface area contributed by atoms with Gasteiger partial charge in [0.2, 0.25) is 0 Å². The van der Waals surface area contributed by atoms with Crippen LogP contribution in [0.3, 0.4) is 0 Å². The van der Waals surface area contributed by atoms with Crippen molar-refractivity contribution in [1.82, 2.24) is 10.2 Å². The molecule has 1 N–H and O–H groups in total. The van der Waals surface area contributed by atoms with Gasteiger partial charge >= 0.3 is 0 Å². The second kappa shape index (κ2) is 9.90. The number of hydrogen-bond acceptors (Lipinski definition) is 4. The zero-order valence-corrected chi connectivity index (χ0v) is 15.8. The highest BCUT2D eigenvalue weighted by Gasteiger charge is 2.14. The van der Waals surface area contributed by atoms with Gasteiger partial charge < -0.3 is 19.7 Å². The molecule has 2 rings (SSSR count). The van der Waals surface area contributed by atoms with Gasteiger partial charge in [-0.05, 0) is 69.4 Å². The van der Waals surface area contributed by atoms with Crippen LogP contribution in [0.2, 0.25) is 0 Å². The zero-order valence-electron chi connectivity index (χ0n) is 15.8. The molecule has 2 unspecified atom stereocenters. The number of methoxy groups -OCH3 is 2. The molecule has 0 bridgehead atoms. The van der Waals surface area contributed by atoms with E-state index in [0.717, 1.165) is 24.5 Å². The molecule has 1 fully saturated rings. The van der Waals surface area contributed by atoms with Crippen molar-refractivity contribution in [3.05, 3.63) is 23.8 Å². The molecule has 4 heteroatoms. The van der Waals surface area contributed by atoms with Gasteiger partial charge in [-0.1, -0.05) is 19.4 Å². The molecule has 0 aromatic heterocycles. The van der Waals surface area contributed by atoms with E-state index in [4.69, 9.17) is 9.47 Å². The molecule has 1 heterocycles. The molecule has 1 aromatic rings. The Balaban J connectivity index is 1.75. The van der Waals surface area contributed by atoms with Gasteiger partial charge in [0.05, 0.1) is 14.2 Å². The van der Waals surface area contributed by atoms with Gasteiger partial charge in [0.15, 0.2) is 11.5 Å². The quantitative estimate of drug-likeness (QED) is 0.751. The van der Waals surface area contributed by atoms with E-state index in [1.807, 2.05) is 6.07 Å². The molecule has 0 aliphatic carbocycles. The molecular formula is C20H34N2O2. The first-order valence-electron chi connectivity index (χ1n) is 9.29. The van der Waals surface area contributed by atoms with E-state index in [9.17, 15) is 0 Å². The average Bonchev–Trinajstić information content (AvgIpc) is 2.60. The molecule has 1 saturated heterocycles. The Bertz CT molecular complexity index is 487. The summed E-state index contributed by atoms with van der Waals surface area (Å²) in [7, 11) is 3.36. The lowest BCUT2D eigenvalue weighted by atomic mass is 10.0. The molecule has 0 amide bonds. The highest BCUT2D eigenvalue weighted by atomic mass is 16.5. The first kappa shape index (κ1) is 19.1. The number of hydrogen-bond donors (Lipinski definition) is 1. The van der Waals surface area contributed by atoms with E-state index in [1.165, 1.54) is 44.5 Å². The fraction of sp³-hybridized carbons (Fsp3) is 0.700. The molecule has 1 aliphatic rings. The van der Waals surface area contributed by atoms with E-state index in [-0.39, 0.29) is 0 Å². The highest BCUT2D eigenvalue weighted by Crippen LogP contribution is 2.27. The maximum atomic E-state index is 5.39. The second-order valence-corrected chi connectivity index (χ2v) is 7.17. The number of nitrogens with one attached hydrogen (secondary N) is 1. The predicted molar refractivity (Wildman–Crippen MR) is 100 cm³/mol. The zero-order chi connectivity index (χ0) is 17.4. The van der Waals surface area contributed by atoms with Crippen LogP contribution in [-0.2, 0) is 6.42 Å². The summed E-state index contributed by atoms with van der Waals surface area (Å²) in [5.41, 5.74) is 1.27. The molecule has 0 radical (unpaired) electrons. The van der Waals surface area contributed by atoms with E-state index >= 15 is 0 Å². The van der Waals surface area contributed by atoms with Crippen molar-refractivity contribution in [2.24, 2.45) is 5.92 Å². The van der Waals surface area contributed by atoms with Crippen LogP contribution in [0.5, 0.6) is 11.5 Å². The van der Waals surface area contributed by atoms with Gasteiger partial charge in [-0.2, -0.15) is 0 Å². The van der Waals surface area contributed by atoms with Crippen LogP contribution in [0.15, 0.2) is 18.2 Å². The first-order valence-corrected chi connectivity index (χ1v) is 9.29. The Morgan fingerprint density at radius 1 is 1.04 bits per heavy atom. The number of nitrogens with zero attached hydrogens (tertiary/aromatic N) is 1. The number of benzene rings is 1. The minimum atomic E-state index is 0.451. The van der Waals surface area contributed by atoms with E-state index in [1.54, 1.807) is 14.2 Å². The maximum Gasteiger partial charge on any atom is 0.160 e. The van der Waals surface area contributed by atoms with Crippen molar-refractivity contribution >= 4 is 0 Å². The lowest BCUT2D eigenvalue weighted by molar-refractivity contribution is 0.197. The van der Waals surface area contributed by atoms with Crippen LogP contribution in [0.4, 0.5) is 0 Å². The molecule has 1 aromatic carbocycles. The molecule has 24 heavy (non-hydrogen) atoms. The summed E-state index contributed by atoms with van der Waals surface area (Å²) in [6.45, 7) is 9.47. The monoisotopic (exact) mass is 334 g/mol. The lowest BCUT2D eigenvalue weighted by Crippen LogP contribution is -2.39. The Morgan fingerprint density at radius 3 is 2.42 bits per heavy atom. The van der Waals surface area contributed by atoms with Crippen LogP contribution in [0.1, 0.15) is 38.7 Å². The van der Waals surface area contributed by atoms with Gasteiger partial charge in [0.1, 0.15) is 0 Å². The van der Waals surface area contributed by atoms with E-state index in [2.05, 4.69) is 36.2 Å². The Morgan fingerprint density at radius 2 is 1.75 bits per heavy atom. The second-order valence-electron chi connectivity index (χ2n) is 7.17. The van der Waals surface area contributed by atoms with Crippen molar-refractivity contribution < 1.29 is 9.47 Å². The minimum absolute atomic E-state index is 0.451. The Labute approximate surface area is 147 Å². The molecule has 1 aliphatic heterocycles. The number of likely N-dealkylation sites (tertiary alicyclic amines) is 1. The molecule has 0 saturated carbocycles. The topological polar surface area (TPSA) is 33.7 Å². The lowest BCUT2D eigenvalue weighted by Gasteiger charge is -2.29. The van der Waals surface area contributed by atoms with Crippen LogP contribution < -0.4 is 14.8 Å². The summed E-state index contributed by atoms with van der Waals surface area (Å²) in [5, 5.41) is 3.69. The normalized spacial score (nSPS) is 18.2. The van der Waals surface area contributed by atoms with E-state index < -0.39 is 0 Å². The third kappa shape index (κ3) is 5.99. The minimum Gasteiger partial charge on any atom is -0.493 e. The summed E-state index contributed by atoms with van der Waals surface area (Å²) in [6, 6.07) is 6.64. The fourth-order valence-electron chi connectivity index (χ4n) is 3.48. The predicted octanol–water partition coefficient (Wildman–Crippen LogP) is 3.35. The SMILES string of the molecule is COc1ccc(CC(C)NCC(C)CN2CCCCC2)cc1OC. The molecular weight excluding hydrogens is 300 g/mol. The number of ether oxygens (including phenoxy) is 2. The van der Waals surface area contributed by atoms with Gasteiger partial charge in [0, 0.05) is 12.6 Å². The third-order valence-electron chi connectivity index (χ3n) is 4.82. The summed E-state index contributed by atoms with van der Waals surface area (Å²) in [5.74, 6) is 2.29. The Kier molecular flexibility index (Phi) is 7.86. The Hall–Kier alpha value is -1.26. The molecule has 0 spiro atoms. The van der Waals surface area contributed by atoms with Crippen LogP contribution in [-0.4, -0.2) is 51.3 Å². The van der Waals surface area contributed by atoms with Gasteiger partial charge in [0.25, 0.3) is 0 Å². The molecule has 4 nitrogen and oxygen atoms in total. The number of piperidine rings is 1. The summed E-state index contributed by atoms with van der Waals surface area (Å²) in [6.07, 6.45) is 5.15. The summed E-state index contributed by atoms with van der Waals surface area (Å²) < 4.78 is 10.7. The molecule has 2 atom stereocenters. The van der Waals surface area contributed by atoms with Crippen molar-refractivity contribution in [3.63, 3.8) is 0 Å². The fourth-order valence-corrected chi connectivity index (χ4v) is 3.48.